The Balaban J connectivity index is 0.000000171. The average molecular weight is 479 g/mol. The summed E-state index contributed by atoms with van der Waals surface area (Å²) in [6, 6.07) is 16.4. The summed E-state index contributed by atoms with van der Waals surface area (Å²) in [5, 5.41) is 0. The molecule has 0 amide bonds. The maximum absolute atomic E-state index is 5.51. The Hall–Kier alpha value is -1.58. The number of halogens is 2. The molecule has 0 aliphatic rings. The van der Waals surface area contributed by atoms with Gasteiger partial charge in [-0.25, -0.2) is 0 Å². The van der Waals surface area contributed by atoms with E-state index in [-0.39, 0.29) is 0 Å². The molecule has 0 atom stereocenters. The fraction of sp³-hybridized carbons (Fsp3) is 0.240. The molecule has 0 aliphatic carbocycles. The minimum Gasteiger partial charge on any atom is -0.508 e. The van der Waals surface area contributed by atoms with Gasteiger partial charge in [0, 0.05) is 11.5 Å². The summed E-state index contributed by atoms with van der Waals surface area (Å²) in [4.78, 5) is 0. The number of hydrogen-bond acceptors (Lipinski definition) is 2. The van der Waals surface area contributed by atoms with E-state index in [9.17, 15) is 0 Å². The summed E-state index contributed by atoms with van der Waals surface area (Å²) in [6.45, 7) is 12.4. The first-order chi connectivity index (χ1) is 14.2. The third-order valence-corrected chi connectivity index (χ3v) is 9.02. The molecular weight excluding hydrogens is 451 g/mol. The van der Waals surface area contributed by atoms with Crippen molar-refractivity contribution in [3.8, 4) is 22.6 Å². The Labute approximate surface area is 193 Å². The molecule has 2 nitrogen and oxygen atoms in total. The van der Waals surface area contributed by atoms with Gasteiger partial charge in [0.25, 0.3) is 0 Å². The molecule has 0 bridgehead atoms. The Morgan fingerprint density at radius 1 is 0.767 bits per heavy atom. The Morgan fingerprint density at radius 2 is 1.13 bits per heavy atom. The van der Waals surface area contributed by atoms with Crippen molar-refractivity contribution in [3.05, 3.63) is 83.3 Å². The third kappa shape index (κ3) is 7.28. The van der Waals surface area contributed by atoms with Crippen molar-refractivity contribution in [2.45, 2.75) is 41.5 Å². The minimum absolute atomic E-state index is 0.950. The normalized spacial score (nSPS) is 10.0. The van der Waals surface area contributed by atoms with E-state index in [1.54, 1.807) is 12.5 Å². The van der Waals surface area contributed by atoms with Gasteiger partial charge in [0.15, 0.2) is 0 Å². The van der Waals surface area contributed by atoms with E-state index in [0.29, 0.717) is 0 Å². The Kier molecular flexibility index (Phi) is 9.64. The molecule has 0 radical (unpaired) electrons. The van der Waals surface area contributed by atoms with Crippen LogP contribution in [0, 0.1) is 27.7 Å². The molecule has 2 aromatic carbocycles. The van der Waals surface area contributed by atoms with Gasteiger partial charge in [-0.2, -0.15) is 23.3 Å². The zero-order valence-corrected chi connectivity index (χ0v) is 21.4. The molecular formula is C25H28Cl2O2Ti-2. The minimum atomic E-state index is -1.60. The molecule has 5 heteroatoms. The first kappa shape index (κ1) is 24.7. The van der Waals surface area contributed by atoms with Crippen molar-refractivity contribution >= 4 is 22.4 Å². The van der Waals surface area contributed by atoms with Crippen LogP contribution in [0.5, 0.6) is 0 Å². The van der Waals surface area contributed by atoms with Gasteiger partial charge in [-0.15, -0.1) is 34.4 Å². The van der Waals surface area contributed by atoms with Gasteiger partial charge in [-0.3, -0.25) is 0 Å². The van der Waals surface area contributed by atoms with Gasteiger partial charge in [-0.05, 0) is 12.1 Å². The van der Waals surface area contributed by atoms with E-state index in [0.717, 1.165) is 11.5 Å². The number of aryl methyl sites for hydroxylation is 4. The molecule has 0 saturated carbocycles. The topological polar surface area (TPSA) is 26.3 Å². The van der Waals surface area contributed by atoms with Gasteiger partial charge < -0.3 is 8.83 Å². The zero-order chi connectivity index (χ0) is 22.3. The third-order valence-electron chi connectivity index (χ3n) is 4.72. The smallest absolute Gasteiger partial charge is 0.0768 e. The van der Waals surface area contributed by atoms with Crippen molar-refractivity contribution < 1.29 is 24.1 Å². The fourth-order valence-electron chi connectivity index (χ4n) is 2.64. The molecule has 160 valence electrons. The van der Waals surface area contributed by atoms with Crippen molar-refractivity contribution in [1.82, 2.24) is 0 Å². The monoisotopic (exact) mass is 478 g/mol. The van der Waals surface area contributed by atoms with Gasteiger partial charge >= 0.3 is 51.6 Å². The van der Waals surface area contributed by atoms with E-state index in [1.807, 2.05) is 38.1 Å². The summed E-state index contributed by atoms with van der Waals surface area (Å²) >= 11 is -1.60. The first-order valence-electron chi connectivity index (χ1n) is 9.73. The van der Waals surface area contributed by atoms with Crippen molar-refractivity contribution in [3.63, 3.8) is 0 Å². The molecule has 30 heavy (non-hydrogen) atoms. The van der Waals surface area contributed by atoms with Crippen LogP contribution >= 0.6 is 18.6 Å². The van der Waals surface area contributed by atoms with E-state index < -0.39 is 15.3 Å². The largest absolute Gasteiger partial charge is 0.508 e. The summed E-state index contributed by atoms with van der Waals surface area (Å²) in [6.07, 6.45) is 3.40. The van der Waals surface area contributed by atoms with Crippen LogP contribution in [0.15, 0.2) is 69.9 Å². The summed E-state index contributed by atoms with van der Waals surface area (Å²) in [5.41, 5.74) is 7.63. The quantitative estimate of drug-likeness (QED) is 0.212. The molecule has 4 aromatic rings. The number of rotatable bonds is 2. The standard InChI is InChI=1S/2C11H11O.C3H6.2ClH.Ti/c2*1-8-6-10(7-9(8)2)11-4-3-5-12-11;1-3-2;;;/h2*3-7H,1-2H3;1-2H3;2*1H;/q2*-1;;;;+2/p-2. The second-order valence-electron chi connectivity index (χ2n) is 7.44. The van der Waals surface area contributed by atoms with E-state index >= 15 is 0 Å². The van der Waals surface area contributed by atoms with E-state index in [2.05, 4.69) is 52.0 Å². The molecule has 0 unspecified atom stereocenters. The number of furan rings is 2. The first-order valence-corrected chi connectivity index (χ1v) is 14.8. The maximum atomic E-state index is 5.51. The van der Waals surface area contributed by atoms with Gasteiger partial charge in [0.1, 0.15) is 0 Å². The molecule has 2 aromatic heterocycles. The summed E-state index contributed by atoms with van der Waals surface area (Å²) in [7, 11) is 11.0. The second kappa shape index (κ2) is 11.7. The summed E-state index contributed by atoms with van der Waals surface area (Å²) < 4.78 is 11.8. The molecule has 0 N–H and O–H groups in total. The Morgan fingerprint density at radius 3 is 1.33 bits per heavy atom. The van der Waals surface area contributed by atoms with E-state index in [4.69, 9.17) is 27.4 Å². The van der Waals surface area contributed by atoms with Crippen LogP contribution in [0.2, 0.25) is 0 Å². The van der Waals surface area contributed by atoms with Crippen molar-refractivity contribution in [1.29, 1.82) is 0 Å². The second-order valence-corrected chi connectivity index (χ2v) is 13.7. The molecule has 0 aliphatic heterocycles. The SMILES string of the molecule is C[C](C)=[Ti]([Cl])[Cl].Cc1cc(-c2ccco2)[cH-]c1C.Cc1cc(-c2ccco2)[cH-]c1C. The van der Waals surface area contributed by atoms with Crippen LogP contribution < -0.4 is 0 Å². The molecule has 0 saturated heterocycles. The average Bonchev–Trinajstić information content (AvgIpc) is 3.47. The molecule has 0 fully saturated rings. The van der Waals surface area contributed by atoms with E-state index in [1.165, 1.54) is 37.2 Å². The predicted molar refractivity (Wildman–Crippen MR) is 126 cm³/mol. The van der Waals surface area contributed by atoms with Crippen molar-refractivity contribution in [2.75, 3.05) is 0 Å². The van der Waals surface area contributed by atoms with Gasteiger partial charge in [0.2, 0.25) is 0 Å². The van der Waals surface area contributed by atoms with Gasteiger partial charge in [-0.1, -0.05) is 39.8 Å². The fourth-order valence-corrected chi connectivity index (χ4v) is 2.64. The molecule has 0 spiro atoms. The van der Waals surface area contributed by atoms with Gasteiger partial charge in [0.05, 0.1) is 12.5 Å². The van der Waals surface area contributed by atoms with Crippen LogP contribution in [0.3, 0.4) is 0 Å². The van der Waals surface area contributed by atoms with Crippen LogP contribution in [0.1, 0.15) is 36.1 Å². The molecule has 2 heterocycles. The Bertz CT molecular complexity index is 931. The molecule has 4 rings (SSSR count). The summed E-state index contributed by atoms with van der Waals surface area (Å²) in [5.74, 6) is 1.90. The van der Waals surface area contributed by atoms with Crippen molar-refractivity contribution in [2.24, 2.45) is 0 Å². The van der Waals surface area contributed by atoms with Crippen LogP contribution in [-0.2, 0) is 15.3 Å². The van der Waals surface area contributed by atoms with Crippen LogP contribution in [0.25, 0.3) is 22.6 Å². The van der Waals surface area contributed by atoms with Crippen LogP contribution in [0.4, 0.5) is 0 Å². The zero-order valence-electron chi connectivity index (χ0n) is 18.3. The van der Waals surface area contributed by atoms with Crippen LogP contribution in [-0.4, -0.2) is 3.81 Å². The number of hydrogen-bond donors (Lipinski definition) is 0. The predicted octanol–water partition coefficient (Wildman–Crippen LogP) is 8.69. The maximum Gasteiger partial charge on any atom is 0.0768 e.